The van der Waals surface area contributed by atoms with Gasteiger partial charge in [0.05, 0.1) is 24.6 Å². The molecule has 3 rings (SSSR count). The Balaban J connectivity index is 0.000000423. The molecule has 0 aliphatic carbocycles. The average Bonchev–Trinajstić information content (AvgIpc) is 3.07. The van der Waals surface area contributed by atoms with E-state index in [1.165, 1.54) is 6.42 Å². The highest BCUT2D eigenvalue weighted by Gasteiger charge is 2.46. The molecular weight excluding hydrogens is 417 g/mol. The number of aliphatic carboxylic acids is 1. The van der Waals surface area contributed by atoms with Crippen LogP contribution < -0.4 is 0 Å². The number of rotatable bonds is 4. The van der Waals surface area contributed by atoms with Crippen molar-refractivity contribution in [2.75, 3.05) is 33.4 Å². The van der Waals surface area contributed by atoms with Crippen molar-refractivity contribution >= 4 is 11.9 Å². The van der Waals surface area contributed by atoms with E-state index >= 15 is 0 Å². The fourth-order valence-corrected chi connectivity index (χ4v) is 4.30. The molecule has 0 saturated carbocycles. The third kappa shape index (κ3) is 6.60. The molecule has 174 valence electrons. The van der Waals surface area contributed by atoms with Crippen molar-refractivity contribution in [3.8, 4) is 0 Å². The standard InChI is InChI=1S/C18H28N4O2.C2HF3O2/c1-14(2)22-13-18(10-16(22)12-24-3)5-8-21(9-6-18)17(23)15-4-7-19-20-11-15;3-2(4,5)1(6)7/h4,7,11,14,16H,5-6,8-10,12-13H2,1-3H3;(H,6,7). The lowest BCUT2D eigenvalue weighted by atomic mass is 9.76. The number of likely N-dealkylation sites (tertiary alicyclic amines) is 2. The molecule has 1 N–H and O–H groups in total. The van der Waals surface area contributed by atoms with Crippen molar-refractivity contribution in [3.05, 3.63) is 24.0 Å². The van der Waals surface area contributed by atoms with Gasteiger partial charge in [-0.2, -0.15) is 23.4 Å². The topological polar surface area (TPSA) is 95.9 Å². The number of piperidine rings is 1. The van der Waals surface area contributed by atoms with Gasteiger partial charge in [-0.15, -0.1) is 0 Å². The second kappa shape index (κ2) is 10.4. The number of halogens is 3. The number of methoxy groups -OCH3 is 1. The second-order valence-electron chi connectivity index (χ2n) is 8.31. The molecule has 8 nitrogen and oxygen atoms in total. The van der Waals surface area contributed by atoms with E-state index in [1.807, 2.05) is 4.90 Å². The van der Waals surface area contributed by atoms with E-state index in [-0.39, 0.29) is 5.91 Å². The third-order valence-electron chi connectivity index (χ3n) is 5.86. The number of carboxylic acids is 1. The van der Waals surface area contributed by atoms with Gasteiger partial charge in [-0.1, -0.05) is 0 Å². The number of amides is 1. The molecule has 3 heterocycles. The van der Waals surface area contributed by atoms with Crippen molar-refractivity contribution in [2.45, 2.75) is 51.4 Å². The maximum atomic E-state index is 12.6. The predicted octanol–water partition coefficient (Wildman–Crippen LogP) is 2.46. The smallest absolute Gasteiger partial charge is 0.475 e. The van der Waals surface area contributed by atoms with Crippen LogP contribution in [0.1, 0.15) is 43.5 Å². The quantitative estimate of drug-likeness (QED) is 0.759. The molecule has 1 spiro atoms. The van der Waals surface area contributed by atoms with Crippen molar-refractivity contribution < 1.29 is 32.6 Å². The summed E-state index contributed by atoms with van der Waals surface area (Å²) in [4.78, 5) is 26.0. The summed E-state index contributed by atoms with van der Waals surface area (Å²) in [5.41, 5.74) is 0.967. The molecule has 2 fully saturated rings. The number of nitrogens with zero attached hydrogens (tertiary/aromatic N) is 4. The molecule has 2 aliphatic rings. The minimum atomic E-state index is -5.08. The largest absolute Gasteiger partial charge is 0.490 e. The summed E-state index contributed by atoms with van der Waals surface area (Å²) in [5.74, 6) is -2.68. The van der Waals surface area contributed by atoms with Gasteiger partial charge < -0.3 is 14.7 Å². The van der Waals surface area contributed by atoms with E-state index < -0.39 is 12.1 Å². The van der Waals surface area contributed by atoms with Gasteiger partial charge in [-0.3, -0.25) is 9.69 Å². The van der Waals surface area contributed by atoms with Crippen LogP contribution in [0.25, 0.3) is 0 Å². The van der Waals surface area contributed by atoms with Crippen molar-refractivity contribution in [2.24, 2.45) is 5.41 Å². The number of hydrogen-bond acceptors (Lipinski definition) is 6. The molecule has 1 aromatic heterocycles. The van der Waals surface area contributed by atoms with Crippen LogP contribution >= 0.6 is 0 Å². The maximum Gasteiger partial charge on any atom is 0.490 e. The highest BCUT2D eigenvalue weighted by atomic mass is 19.4. The number of aromatic nitrogens is 2. The van der Waals surface area contributed by atoms with Crippen molar-refractivity contribution in [1.82, 2.24) is 20.0 Å². The van der Waals surface area contributed by atoms with Gasteiger partial charge in [-0.05, 0) is 44.6 Å². The Morgan fingerprint density at radius 2 is 1.90 bits per heavy atom. The number of hydrogen-bond donors (Lipinski definition) is 1. The van der Waals surface area contributed by atoms with Crippen molar-refractivity contribution in [1.29, 1.82) is 0 Å². The summed E-state index contributed by atoms with van der Waals surface area (Å²) in [5, 5.41) is 14.7. The molecule has 2 saturated heterocycles. The normalized spacial score (nSPS) is 21.1. The average molecular weight is 446 g/mol. The SMILES string of the molecule is COCC1CC2(CCN(C(=O)c3ccnnc3)CC2)CN1C(C)C.O=C(O)C(F)(F)F. The Bertz CT molecular complexity index is 738. The van der Waals surface area contributed by atoms with Crippen LogP contribution in [0, 0.1) is 5.41 Å². The Kier molecular flexibility index (Phi) is 8.35. The second-order valence-corrected chi connectivity index (χ2v) is 8.31. The molecule has 0 radical (unpaired) electrons. The van der Waals surface area contributed by atoms with Crippen LogP contribution in [0.5, 0.6) is 0 Å². The van der Waals surface area contributed by atoms with E-state index in [9.17, 15) is 18.0 Å². The van der Waals surface area contributed by atoms with Crippen molar-refractivity contribution in [3.63, 3.8) is 0 Å². The monoisotopic (exact) mass is 446 g/mol. The van der Waals surface area contributed by atoms with E-state index in [0.29, 0.717) is 23.1 Å². The number of carbonyl (C=O) groups is 2. The number of carbonyl (C=O) groups excluding carboxylic acids is 1. The molecule has 1 atom stereocenters. The lowest BCUT2D eigenvalue weighted by Gasteiger charge is -2.39. The highest BCUT2D eigenvalue weighted by molar-refractivity contribution is 5.93. The highest BCUT2D eigenvalue weighted by Crippen LogP contribution is 2.44. The van der Waals surface area contributed by atoms with Gasteiger partial charge in [0.25, 0.3) is 5.91 Å². The number of ether oxygens (including phenoxy) is 1. The van der Waals surface area contributed by atoms with E-state index in [1.54, 1.807) is 25.6 Å². The molecule has 1 unspecified atom stereocenters. The van der Waals surface area contributed by atoms with Crippen LogP contribution in [0.15, 0.2) is 18.5 Å². The number of carboxylic acid groups (broad SMARTS) is 1. The predicted molar refractivity (Wildman–Crippen MR) is 105 cm³/mol. The first-order valence-electron chi connectivity index (χ1n) is 10.1. The minimum Gasteiger partial charge on any atom is -0.475 e. The van der Waals surface area contributed by atoms with Gasteiger partial charge in [0.15, 0.2) is 0 Å². The molecule has 0 aromatic carbocycles. The van der Waals surface area contributed by atoms with Crippen LogP contribution in [0.3, 0.4) is 0 Å². The fourth-order valence-electron chi connectivity index (χ4n) is 4.30. The first-order chi connectivity index (χ1) is 14.5. The van der Waals surface area contributed by atoms with Crippen LogP contribution in [0.4, 0.5) is 13.2 Å². The lowest BCUT2D eigenvalue weighted by molar-refractivity contribution is -0.192. The molecule has 1 amide bonds. The molecule has 1 aromatic rings. The van der Waals surface area contributed by atoms with Gasteiger partial charge >= 0.3 is 12.1 Å². The Hall–Kier alpha value is -2.27. The molecule has 0 bridgehead atoms. The summed E-state index contributed by atoms with van der Waals surface area (Å²) in [6, 6.07) is 2.78. The fraction of sp³-hybridized carbons (Fsp3) is 0.700. The Labute approximate surface area is 179 Å². The maximum absolute atomic E-state index is 12.6. The number of alkyl halides is 3. The zero-order valence-electron chi connectivity index (χ0n) is 17.9. The Morgan fingerprint density at radius 3 is 2.35 bits per heavy atom. The van der Waals surface area contributed by atoms with Gasteiger partial charge in [0, 0.05) is 38.8 Å². The third-order valence-corrected chi connectivity index (χ3v) is 5.86. The molecule has 2 aliphatic heterocycles. The summed E-state index contributed by atoms with van der Waals surface area (Å²) in [7, 11) is 1.79. The van der Waals surface area contributed by atoms with E-state index in [0.717, 1.165) is 39.1 Å². The molecule has 31 heavy (non-hydrogen) atoms. The summed E-state index contributed by atoms with van der Waals surface area (Å²) in [6.07, 6.45) is 1.36. The van der Waals surface area contributed by atoms with E-state index in [4.69, 9.17) is 14.6 Å². The summed E-state index contributed by atoms with van der Waals surface area (Å²) in [6.45, 7) is 8.09. The summed E-state index contributed by atoms with van der Waals surface area (Å²) < 4.78 is 37.2. The minimum absolute atomic E-state index is 0.0758. The zero-order chi connectivity index (χ0) is 23.2. The van der Waals surface area contributed by atoms with Gasteiger partial charge in [0.2, 0.25) is 0 Å². The van der Waals surface area contributed by atoms with Crippen LogP contribution in [0.2, 0.25) is 0 Å². The Morgan fingerprint density at radius 1 is 1.29 bits per heavy atom. The van der Waals surface area contributed by atoms with Gasteiger partial charge in [0.1, 0.15) is 0 Å². The molecule has 11 heteroatoms. The summed E-state index contributed by atoms with van der Waals surface area (Å²) >= 11 is 0. The lowest BCUT2D eigenvalue weighted by Crippen LogP contribution is -2.44. The van der Waals surface area contributed by atoms with Gasteiger partial charge in [-0.25, -0.2) is 4.79 Å². The molecular formula is C20H29F3N4O4. The van der Waals surface area contributed by atoms with E-state index in [2.05, 4.69) is 28.9 Å². The van der Waals surface area contributed by atoms with Crippen LogP contribution in [-0.4, -0.2) is 88.6 Å². The first-order valence-corrected chi connectivity index (χ1v) is 10.1. The zero-order valence-corrected chi connectivity index (χ0v) is 17.9. The van der Waals surface area contributed by atoms with Crippen LogP contribution in [-0.2, 0) is 9.53 Å². The first kappa shape index (κ1) is 25.0.